The summed E-state index contributed by atoms with van der Waals surface area (Å²) in [5, 5.41) is 3.69. The second kappa shape index (κ2) is 6.33. The molecule has 0 aromatic rings. The number of fused-ring (bicyclic) bond motifs is 2. The molecule has 3 rings (SSSR count). The lowest BCUT2D eigenvalue weighted by Gasteiger charge is -2.43. The minimum Gasteiger partial charge on any atom is -0.313 e. The first kappa shape index (κ1) is 14.8. The number of hydrogen-bond acceptors (Lipinski definition) is 3. The first-order chi connectivity index (χ1) is 9.63. The zero-order valence-electron chi connectivity index (χ0n) is 13.6. The number of rotatable bonds is 5. The van der Waals surface area contributed by atoms with Crippen molar-refractivity contribution in [3.63, 3.8) is 0 Å². The van der Waals surface area contributed by atoms with Crippen molar-refractivity contribution in [1.29, 1.82) is 0 Å². The van der Waals surface area contributed by atoms with Crippen LogP contribution in [0.5, 0.6) is 0 Å². The van der Waals surface area contributed by atoms with Gasteiger partial charge in [0.2, 0.25) is 0 Å². The minimum absolute atomic E-state index is 0.756. The van der Waals surface area contributed by atoms with Gasteiger partial charge >= 0.3 is 0 Å². The molecule has 3 fully saturated rings. The van der Waals surface area contributed by atoms with Crippen LogP contribution in [0.3, 0.4) is 0 Å². The van der Waals surface area contributed by atoms with Gasteiger partial charge in [0.15, 0.2) is 0 Å². The van der Waals surface area contributed by atoms with Crippen molar-refractivity contribution in [3.05, 3.63) is 0 Å². The summed E-state index contributed by atoms with van der Waals surface area (Å²) >= 11 is 0. The summed E-state index contributed by atoms with van der Waals surface area (Å²) < 4.78 is 0. The molecular weight excluding hydrogens is 246 g/mol. The molecule has 3 nitrogen and oxygen atoms in total. The van der Waals surface area contributed by atoms with Crippen molar-refractivity contribution in [2.45, 2.75) is 76.5 Å². The van der Waals surface area contributed by atoms with Gasteiger partial charge in [-0.05, 0) is 58.0 Å². The highest BCUT2D eigenvalue weighted by Crippen LogP contribution is 2.36. The third-order valence-corrected chi connectivity index (χ3v) is 5.81. The van der Waals surface area contributed by atoms with Crippen molar-refractivity contribution in [3.8, 4) is 0 Å². The van der Waals surface area contributed by atoms with Gasteiger partial charge in [-0.2, -0.15) is 0 Å². The molecule has 20 heavy (non-hydrogen) atoms. The Morgan fingerprint density at radius 2 is 1.85 bits per heavy atom. The Morgan fingerprint density at radius 3 is 2.40 bits per heavy atom. The van der Waals surface area contributed by atoms with E-state index in [1.54, 1.807) is 0 Å². The standard InChI is InChI=1S/C17H33N3/c1-13(2)11-20(12-14-5-4-8-18-14)17-9-15-6-7-16(10-17)19(15)3/h13-18H,4-12H2,1-3H3. The molecule has 0 aromatic carbocycles. The molecule has 3 heterocycles. The van der Waals surface area contributed by atoms with Crippen LogP contribution in [0, 0.1) is 5.92 Å². The lowest BCUT2D eigenvalue weighted by molar-refractivity contribution is 0.0632. The summed E-state index contributed by atoms with van der Waals surface area (Å²) in [5.74, 6) is 0.786. The van der Waals surface area contributed by atoms with E-state index in [9.17, 15) is 0 Å². The quantitative estimate of drug-likeness (QED) is 0.833. The van der Waals surface area contributed by atoms with Crippen molar-refractivity contribution in [2.75, 3.05) is 26.7 Å². The minimum atomic E-state index is 0.756. The largest absolute Gasteiger partial charge is 0.313 e. The van der Waals surface area contributed by atoms with Crippen LogP contribution in [-0.2, 0) is 0 Å². The molecule has 116 valence electrons. The predicted octanol–water partition coefficient (Wildman–Crippen LogP) is 2.32. The summed E-state index contributed by atoms with van der Waals surface area (Å²) in [6, 6.07) is 3.33. The van der Waals surface area contributed by atoms with Gasteiger partial charge in [0.05, 0.1) is 0 Å². The Balaban J connectivity index is 1.62. The van der Waals surface area contributed by atoms with E-state index in [-0.39, 0.29) is 0 Å². The van der Waals surface area contributed by atoms with E-state index < -0.39 is 0 Å². The predicted molar refractivity (Wildman–Crippen MR) is 85.0 cm³/mol. The zero-order chi connectivity index (χ0) is 14.1. The number of piperidine rings is 1. The average molecular weight is 279 g/mol. The van der Waals surface area contributed by atoms with Gasteiger partial charge in [0.1, 0.15) is 0 Å². The number of hydrogen-bond donors (Lipinski definition) is 1. The molecule has 0 spiro atoms. The van der Waals surface area contributed by atoms with Crippen LogP contribution in [0.2, 0.25) is 0 Å². The molecule has 1 N–H and O–H groups in total. The molecule has 3 saturated heterocycles. The van der Waals surface area contributed by atoms with Crippen molar-refractivity contribution < 1.29 is 0 Å². The van der Waals surface area contributed by atoms with Crippen LogP contribution in [0.25, 0.3) is 0 Å². The Morgan fingerprint density at radius 1 is 1.15 bits per heavy atom. The number of nitrogens with one attached hydrogen (secondary N) is 1. The van der Waals surface area contributed by atoms with Gasteiger partial charge in [-0.15, -0.1) is 0 Å². The second-order valence-electron chi connectivity index (χ2n) is 7.82. The summed E-state index contributed by atoms with van der Waals surface area (Å²) in [4.78, 5) is 5.50. The maximum atomic E-state index is 3.69. The molecule has 0 amide bonds. The smallest absolute Gasteiger partial charge is 0.0195 e. The first-order valence-electron chi connectivity index (χ1n) is 8.83. The fourth-order valence-electron chi connectivity index (χ4n) is 4.72. The van der Waals surface area contributed by atoms with Gasteiger partial charge < -0.3 is 10.2 Å². The van der Waals surface area contributed by atoms with Crippen LogP contribution in [0.15, 0.2) is 0 Å². The highest BCUT2D eigenvalue weighted by atomic mass is 15.2. The Hall–Kier alpha value is -0.120. The van der Waals surface area contributed by atoms with Gasteiger partial charge in [-0.25, -0.2) is 0 Å². The molecule has 0 aromatic heterocycles. The fourth-order valence-corrected chi connectivity index (χ4v) is 4.72. The molecule has 0 saturated carbocycles. The SMILES string of the molecule is CC(C)CN(CC1CCCN1)C1CC2CCC(C1)N2C. The van der Waals surface area contributed by atoms with Crippen LogP contribution in [0.4, 0.5) is 0 Å². The van der Waals surface area contributed by atoms with Gasteiger partial charge in [-0.3, -0.25) is 4.90 Å². The van der Waals surface area contributed by atoms with Crippen molar-refractivity contribution in [2.24, 2.45) is 5.92 Å². The lowest BCUT2D eigenvalue weighted by Crippen LogP contribution is -2.52. The molecule has 0 aliphatic carbocycles. The van der Waals surface area contributed by atoms with Gasteiger partial charge in [0.25, 0.3) is 0 Å². The Labute approximate surface area is 125 Å². The van der Waals surface area contributed by atoms with E-state index in [4.69, 9.17) is 0 Å². The van der Waals surface area contributed by atoms with E-state index in [0.717, 1.165) is 30.1 Å². The average Bonchev–Trinajstić information content (AvgIpc) is 2.95. The van der Waals surface area contributed by atoms with Crippen LogP contribution in [0.1, 0.15) is 52.4 Å². The van der Waals surface area contributed by atoms with Crippen molar-refractivity contribution in [1.82, 2.24) is 15.1 Å². The van der Waals surface area contributed by atoms with E-state index in [1.165, 1.54) is 58.2 Å². The molecular formula is C17H33N3. The van der Waals surface area contributed by atoms with E-state index in [1.807, 2.05) is 0 Å². The normalized spacial score (nSPS) is 38.2. The van der Waals surface area contributed by atoms with Gasteiger partial charge in [-0.1, -0.05) is 13.8 Å². The van der Waals surface area contributed by atoms with E-state index in [0.29, 0.717) is 0 Å². The van der Waals surface area contributed by atoms with E-state index in [2.05, 4.69) is 36.0 Å². The summed E-state index contributed by atoms with van der Waals surface area (Å²) in [6.07, 6.45) is 8.45. The van der Waals surface area contributed by atoms with Crippen LogP contribution in [-0.4, -0.2) is 60.6 Å². The van der Waals surface area contributed by atoms with Crippen molar-refractivity contribution >= 4 is 0 Å². The van der Waals surface area contributed by atoms with E-state index >= 15 is 0 Å². The second-order valence-corrected chi connectivity index (χ2v) is 7.82. The molecule has 3 aliphatic heterocycles. The first-order valence-corrected chi connectivity index (χ1v) is 8.83. The summed E-state index contributed by atoms with van der Waals surface area (Å²) in [7, 11) is 2.35. The lowest BCUT2D eigenvalue weighted by atomic mass is 9.95. The highest BCUT2D eigenvalue weighted by molar-refractivity contribution is 4.97. The summed E-state index contributed by atoms with van der Waals surface area (Å²) in [6.45, 7) is 8.55. The third kappa shape index (κ3) is 3.20. The Kier molecular flexibility index (Phi) is 4.68. The fraction of sp³-hybridized carbons (Fsp3) is 1.00. The third-order valence-electron chi connectivity index (χ3n) is 5.81. The summed E-state index contributed by atoms with van der Waals surface area (Å²) in [5.41, 5.74) is 0. The number of nitrogens with zero attached hydrogens (tertiary/aromatic N) is 2. The molecule has 3 aliphatic rings. The van der Waals surface area contributed by atoms with Crippen LogP contribution < -0.4 is 5.32 Å². The Bertz CT molecular complexity index is 297. The molecule has 3 unspecified atom stereocenters. The molecule has 0 radical (unpaired) electrons. The topological polar surface area (TPSA) is 18.5 Å². The maximum Gasteiger partial charge on any atom is 0.0195 e. The molecule has 2 bridgehead atoms. The molecule has 3 heteroatoms. The highest BCUT2D eigenvalue weighted by Gasteiger charge is 2.40. The monoisotopic (exact) mass is 279 g/mol. The van der Waals surface area contributed by atoms with Crippen LogP contribution >= 0.6 is 0 Å². The van der Waals surface area contributed by atoms with Gasteiger partial charge in [0, 0.05) is 37.3 Å². The molecule has 3 atom stereocenters. The zero-order valence-corrected chi connectivity index (χ0v) is 13.6. The maximum absolute atomic E-state index is 3.69.